The Morgan fingerprint density at radius 2 is 2.00 bits per heavy atom. The molecule has 1 heterocycles. The summed E-state index contributed by atoms with van der Waals surface area (Å²) in [5.41, 5.74) is 3.67. The minimum Gasteiger partial charge on any atom is -0.850 e. The highest BCUT2D eigenvalue weighted by Crippen LogP contribution is 2.55. The molecule has 4 nitrogen and oxygen atoms in total. The standard InChI is InChI=1S/C18H25NO.C5H13NO/c1-19-10-9-18-8-4-3-5-15(18)17(19)11-13-6-7-14(20-2)12-16(13)18;1-6(2,3)4-5-7/h6-7,12,15,17H,3-5,8-11H2,1-2H3;4-5H2,1-3H3/t15-,17-,18-;/m1./s1. The molecule has 0 N–H and O–H groups in total. The van der Waals surface area contributed by atoms with Crippen molar-refractivity contribution in [3.8, 4) is 5.75 Å². The van der Waals surface area contributed by atoms with E-state index in [9.17, 15) is 5.11 Å². The van der Waals surface area contributed by atoms with Crippen LogP contribution >= 0.6 is 0 Å². The van der Waals surface area contributed by atoms with Gasteiger partial charge in [0.15, 0.2) is 0 Å². The summed E-state index contributed by atoms with van der Waals surface area (Å²) in [5.74, 6) is 1.91. The first-order valence-corrected chi connectivity index (χ1v) is 10.6. The van der Waals surface area contributed by atoms with Crippen LogP contribution in [0.5, 0.6) is 5.75 Å². The molecule has 2 bridgehead atoms. The number of benzene rings is 1. The average molecular weight is 375 g/mol. The van der Waals surface area contributed by atoms with Crippen molar-refractivity contribution in [3.63, 3.8) is 0 Å². The largest absolute Gasteiger partial charge is 0.850 e. The zero-order valence-electron chi connectivity index (χ0n) is 18.0. The quantitative estimate of drug-likeness (QED) is 0.763. The summed E-state index contributed by atoms with van der Waals surface area (Å²) >= 11 is 0. The summed E-state index contributed by atoms with van der Waals surface area (Å²) in [7, 11) is 10.2. The van der Waals surface area contributed by atoms with Crippen molar-refractivity contribution >= 4 is 0 Å². The maximum atomic E-state index is 9.93. The summed E-state index contributed by atoms with van der Waals surface area (Å²) in [6.45, 7) is 2.02. The molecule has 152 valence electrons. The van der Waals surface area contributed by atoms with Gasteiger partial charge in [0.25, 0.3) is 0 Å². The molecule has 0 amide bonds. The first-order chi connectivity index (χ1) is 12.8. The van der Waals surface area contributed by atoms with Crippen LogP contribution in [0.2, 0.25) is 0 Å². The Kier molecular flexibility index (Phi) is 6.19. The number of piperidine rings is 1. The molecule has 1 aromatic carbocycles. The molecule has 0 aromatic heterocycles. The van der Waals surface area contributed by atoms with Gasteiger partial charge >= 0.3 is 0 Å². The Morgan fingerprint density at radius 1 is 1.22 bits per heavy atom. The van der Waals surface area contributed by atoms with E-state index in [4.69, 9.17) is 4.74 Å². The van der Waals surface area contributed by atoms with E-state index in [0.29, 0.717) is 5.41 Å². The fourth-order valence-electron chi connectivity index (χ4n) is 5.58. The lowest BCUT2D eigenvalue weighted by atomic mass is 9.52. The smallest absolute Gasteiger partial charge is 0.119 e. The minimum absolute atomic E-state index is 0.0312. The molecule has 3 aliphatic rings. The minimum atomic E-state index is 0.0312. The van der Waals surface area contributed by atoms with E-state index in [1.165, 1.54) is 45.1 Å². The van der Waals surface area contributed by atoms with Crippen LogP contribution in [0, 0.1) is 5.92 Å². The maximum absolute atomic E-state index is 9.93. The Balaban J connectivity index is 0.000000260. The predicted molar refractivity (Wildman–Crippen MR) is 109 cm³/mol. The second-order valence-corrected chi connectivity index (χ2v) is 9.75. The van der Waals surface area contributed by atoms with Gasteiger partial charge in [0.2, 0.25) is 0 Å². The van der Waals surface area contributed by atoms with E-state index in [2.05, 4.69) is 30.1 Å². The molecule has 0 radical (unpaired) electrons. The van der Waals surface area contributed by atoms with Gasteiger partial charge < -0.3 is 19.2 Å². The maximum Gasteiger partial charge on any atom is 0.119 e. The normalized spacial score (nSPS) is 29.9. The molecule has 4 heteroatoms. The van der Waals surface area contributed by atoms with Crippen molar-refractivity contribution in [2.24, 2.45) is 5.92 Å². The van der Waals surface area contributed by atoms with Crippen LogP contribution < -0.4 is 9.84 Å². The fraction of sp³-hybridized carbons (Fsp3) is 0.739. The Labute approximate surface area is 165 Å². The number of likely N-dealkylation sites (N-methyl/N-ethyl adjacent to an activating group) is 2. The number of rotatable bonds is 3. The molecule has 27 heavy (non-hydrogen) atoms. The van der Waals surface area contributed by atoms with Gasteiger partial charge in [-0.05, 0) is 68.5 Å². The van der Waals surface area contributed by atoms with Gasteiger partial charge in [-0.15, -0.1) is 0 Å². The van der Waals surface area contributed by atoms with Crippen molar-refractivity contribution in [3.05, 3.63) is 29.3 Å². The SMILES string of the molecule is COc1ccc2c(c1)[C@@]13CCCC[C@@H]1[C@@H](C2)N(C)CC3.C[N+](C)(C)CC[O-]. The molecule has 1 aromatic rings. The number of hydrogen-bond acceptors (Lipinski definition) is 3. The van der Waals surface area contributed by atoms with Crippen LogP contribution in [0.4, 0.5) is 0 Å². The monoisotopic (exact) mass is 374 g/mol. The van der Waals surface area contributed by atoms with Gasteiger partial charge in [0, 0.05) is 11.5 Å². The van der Waals surface area contributed by atoms with Crippen LogP contribution in [-0.2, 0) is 11.8 Å². The summed E-state index contributed by atoms with van der Waals surface area (Å²) in [4.78, 5) is 2.63. The second kappa shape index (κ2) is 8.10. The number of quaternary nitrogens is 1. The molecule has 2 fully saturated rings. The first kappa shape index (κ1) is 20.6. The molecule has 0 spiro atoms. The number of ether oxygens (including phenoxy) is 1. The molecule has 1 saturated carbocycles. The van der Waals surface area contributed by atoms with Crippen molar-refractivity contribution in [1.82, 2.24) is 4.90 Å². The van der Waals surface area contributed by atoms with Crippen molar-refractivity contribution < 1.29 is 14.3 Å². The highest BCUT2D eigenvalue weighted by atomic mass is 16.5. The highest BCUT2D eigenvalue weighted by Gasteiger charge is 2.53. The zero-order valence-corrected chi connectivity index (χ0v) is 18.0. The van der Waals surface area contributed by atoms with E-state index in [0.717, 1.165) is 28.7 Å². The number of nitrogens with zero attached hydrogens (tertiary/aromatic N) is 2. The third kappa shape index (κ3) is 4.18. The molecular weight excluding hydrogens is 336 g/mol. The first-order valence-electron chi connectivity index (χ1n) is 10.6. The topological polar surface area (TPSA) is 35.5 Å². The summed E-state index contributed by atoms with van der Waals surface area (Å²) in [6.07, 6.45) is 8.22. The Bertz CT molecular complexity index is 640. The highest BCUT2D eigenvalue weighted by molar-refractivity contribution is 5.45. The van der Waals surface area contributed by atoms with Crippen LogP contribution in [0.15, 0.2) is 18.2 Å². The van der Waals surface area contributed by atoms with Crippen LogP contribution in [-0.4, -0.2) is 70.4 Å². The molecular formula is C23H38N2O2. The van der Waals surface area contributed by atoms with Crippen LogP contribution in [0.1, 0.15) is 43.2 Å². The van der Waals surface area contributed by atoms with Crippen molar-refractivity contribution in [2.75, 3.05) is 55.0 Å². The summed E-state index contributed by atoms with van der Waals surface area (Å²) in [5, 5.41) is 9.93. The number of methoxy groups -OCH3 is 1. The zero-order chi connectivity index (χ0) is 19.7. The molecule has 4 rings (SSSR count). The Hall–Kier alpha value is -1.10. The van der Waals surface area contributed by atoms with E-state index in [1.807, 2.05) is 21.1 Å². The fourth-order valence-corrected chi connectivity index (χ4v) is 5.58. The van der Waals surface area contributed by atoms with Gasteiger partial charge in [-0.2, -0.15) is 0 Å². The Morgan fingerprint density at radius 3 is 2.63 bits per heavy atom. The van der Waals surface area contributed by atoms with E-state index in [1.54, 1.807) is 18.2 Å². The molecule has 1 saturated heterocycles. The molecule has 3 atom stereocenters. The molecule has 2 aliphatic carbocycles. The second-order valence-electron chi connectivity index (χ2n) is 9.75. The van der Waals surface area contributed by atoms with E-state index in [-0.39, 0.29) is 6.61 Å². The number of likely N-dealkylation sites (tertiary alicyclic amines) is 1. The molecule has 0 unspecified atom stereocenters. The number of hydrogen-bond donors (Lipinski definition) is 0. The third-order valence-corrected chi connectivity index (χ3v) is 7.08. The van der Waals surface area contributed by atoms with Gasteiger partial charge in [-0.25, -0.2) is 0 Å². The third-order valence-electron chi connectivity index (χ3n) is 7.08. The summed E-state index contributed by atoms with van der Waals surface area (Å²) < 4.78 is 6.29. The summed E-state index contributed by atoms with van der Waals surface area (Å²) in [6, 6.07) is 7.60. The van der Waals surface area contributed by atoms with Crippen LogP contribution in [0.3, 0.4) is 0 Å². The lowest BCUT2D eigenvalue weighted by molar-refractivity contribution is -0.875. The van der Waals surface area contributed by atoms with Gasteiger partial charge in [0.1, 0.15) is 5.75 Å². The van der Waals surface area contributed by atoms with Gasteiger partial charge in [-0.1, -0.05) is 25.5 Å². The predicted octanol–water partition coefficient (Wildman–Crippen LogP) is 2.44. The van der Waals surface area contributed by atoms with Crippen molar-refractivity contribution in [2.45, 2.75) is 50.0 Å². The lowest BCUT2D eigenvalue weighted by Gasteiger charge is -2.58. The van der Waals surface area contributed by atoms with E-state index < -0.39 is 0 Å². The number of fused-ring (bicyclic) bond motifs is 1. The van der Waals surface area contributed by atoms with E-state index >= 15 is 0 Å². The average Bonchev–Trinajstić information content (AvgIpc) is 2.64. The lowest BCUT2D eigenvalue weighted by Crippen LogP contribution is -2.59. The van der Waals surface area contributed by atoms with Crippen molar-refractivity contribution in [1.29, 1.82) is 0 Å². The van der Waals surface area contributed by atoms with Gasteiger partial charge in [0.05, 0.1) is 34.8 Å². The van der Waals surface area contributed by atoms with Crippen LogP contribution in [0.25, 0.3) is 0 Å². The van der Waals surface area contributed by atoms with Gasteiger partial charge in [-0.3, -0.25) is 0 Å². The molecule has 1 aliphatic heterocycles.